The number of hydrogen-bond donors (Lipinski definition) is 1. The summed E-state index contributed by atoms with van der Waals surface area (Å²) in [7, 11) is -3.35. The molecule has 6 heteroatoms. The summed E-state index contributed by atoms with van der Waals surface area (Å²) in [4.78, 5) is 0. The van der Waals surface area contributed by atoms with Gasteiger partial charge in [-0.3, -0.25) is 4.31 Å². The Bertz CT molecular complexity index is 522. The SMILES string of the molecule is CCN(c1ccc(CN)cc1)S(=O)(=O)CC1CCCO1. The quantitative estimate of drug-likeness (QED) is 0.863. The van der Waals surface area contributed by atoms with E-state index < -0.39 is 10.0 Å². The molecule has 1 aliphatic heterocycles. The van der Waals surface area contributed by atoms with E-state index in [-0.39, 0.29) is 11.9 Å². The van der Waals surface area contributed by atoms with Gasteiger partial charge in [0.15, 0.2) is 0 Å². The molecule has 1 atom stereocenters. The second kappa shape index (κ2) is 6.56. The number of rotatable bonds is 6. The van der Waals surface area contributed by atoms with Crippen LogP contribution in [0, 0.1) is 0 Å². The lowest BCUT2D eigenvalue weighted by molar-refractivity contribution is 0.127. The predicted molar refractivity (Wildman–Crippen MR) is 80.1 cm³/mol. The van der Waals surface area contributed by atoms with Crippen molar-refractivity contribution >= 4 is 15.7 Å². The van der Waals surface area contributed by atoms with Crippen molar-refractivity contribution in [2.75, 3.05) is 23.2 Å². The van der Waals surface area contributed by atoms with Crippen molar-refractivity contribution in [3.63, 3.8) is 0 Å². The Morgan fingerprint density at radius 2 is 2.05 bits per heavy atom. The smallest absolute Gasteiger partial charge is 0.237 e. The van der Waals surface area contributed by atoms with Gasteiger partial charge in [-0.05, 0) is 37.5 Å². The lowest BCUT2D eigenvalue weighted by Gasteiger charge is -2.24. The molecule has 1 aromatic rings. The van der Waals surface area contributed by atoms with Crippen molar-refractivity contribution in [3.8, 4) is 0 Å². The van der Waals surface area contributed by atoms with Gasteiger partial charge < -0.3 is 10.5 Å². The van der Waals surface area contributed by atoms with Crippen molar-refractivity contribution in [1.82, 2.24) is 0 Å². The van der Waals surface area contributed by atoms with Gasteiger partial charge in [0, 0.05) is 19.7 Å². The van der Waals surface area contributed by atoms with Gasteiger partial charge in [-0.1, -0.05) is 12.1 Å². The molecule has 2 rings (SSSR count). The van der Waals surface area contributed by atoms with Crippen LogP contribution >= 0.6 is 0 Å². The third-order valence-electron chi connectivity index (χ3n) is 3.50. The zero-order valence-corrected chi connectivity index (χ0v) is 12.6. The molecule has 0 spiro atoms. The van der Waals surface area contributed by atoms with Gasteiger partial charge in [0.05, 0.1) is 17.5 Å². The molecule has 2 N–H and O–H groups in total. The van der Waals surface area contributed by atoms with Crippen LogP contribution in [0.5, 0.6) is 0 Å². The summed E-state index contributed by atoms with van der Waals surface area (Å²) in [5, 5.41) is 0. The minimum Gasteiger partial charge on any atom is -0.377 e. The largest absolute Gasteiger partial charge is 0.377 e. The first-order valence-electron chi connectivity index (χ1n) is 6.98. The molecule has 20 heavy (non-hydrogen) atoms. The lowest BCUT2D eigenvalue weighted by atomic mass is 10.2. The van der Waals surface area contributed by atoms with Gasteiger partial charge in [0.2, 0.25) is 10.0 Å². The molecule has 1 saturated heterocycles. The van der Waals surface area contributed by atoms with E-state index in [1.54, 1.807) is 12.1 Å². The van der Waals surface area contributed by atoms with Gasteiger partial charge in [0.1, 0.15) is 0 Å². The number of anilines is 1. The molecular weight excluding hydrogens is 276 g/mol. The minimum absolute atomic E-state index is 0.0550. The molecular formula is C14H22N2O3S. The van der Waals surface area contributed by atoms with Crippen LogP contribution in [0.4, 0.5) is 5.69 Å². The molecule has 112 valence electrons. The summed E-state index contributed by atoms with van der Waals surface area (Å²) in [6.07, 6.45) is 1.60. The van der Waals surface area contributed by atoms with Crippen molar-refractivity contribution < 1.29 is 13.2 Å². The highest BCUT2D eigenvalue weighted by Crippen LogP contribution is 2.22. The number of nitrogens with zero attached hydrogens (tertiary/aromatic N) is 1. The number of ether oxygens (including phenoxy) is 1. The van der Waals surface area contributed by atoms with E-state index in [0.29, 0.717) is 25.4 Å². The highest BCUT2D eigenvalue weighted by Gasteiger charge is 2.28. The van der Waals surface area contributed by atoms with Crippen molar-refractivity contribution in [2.24, 2.45) is 5.73 Å². The lowest BCUT2D eigenvalue weighted by Crippen LogP contribution is -2.36. The first-order chi connectivity index (χ1) is 9.56. The van der Waals surface area contributed by atoms with Crippen LogP contribution < -0.4 is 10.0 Å². The zero-order chi connectivity index (χ0) is 14.6. The van der Waals surface area contributed by atoms with Crippen LogP contribution in [0.2, 0.25) is 0 Å². The Morgan fingerprint density at radius 3 is 2.55 bits per heavy atom. The van der Waals surface area contributed by atoms with Crippen LogP contribution in [0.25, 0.3) is 0 Å². The van der Waals surface area contributed by atoms with Crippen LogP contribution in [-0.2, 0) is 21.3 Å². The van der Waals surface area contributed by atoms with E-state index in [9.17, 15) is 8.42 Å². The molecule has 0 aliphatic carbocycles. The van der Waals surface area contributed by atoms with E-state index in [1.807, 2.05) is 19.1 Å². The average Bonchev–Trinajstić information content (AvgIpc) is 2.92. The summed E-state index contributed by atoms with van der Waals surface area (Å²) in [6.45, 7) is 3.37. The van der Waals surface area contributed by atoms with Gasteiger partial charge in [-0.15, -0.1) is 0 Å². The summed E-state index contributed by atoms with van der Waals surface area (Å²) in [6, 6.07) is 7.33. The molecule has 0 bridgehead atoms. The van der Waals surface area contributed by atoms with E-state index >= 15 is 0 Å². The molecule has 5 nitrogen and oxygen atoms in total. The van der Waals surface area contributed by atoms with E-state index in [4.69, 9.17) is 10.5 Å². The van der Waals surface area contributed by atoms with Crippen LogP contribution in [0.15, 0.2) is 24.3 Å². The van der Waals surface area contributed by atoms with Crippen molar-refractivity contribution in [2.45, 2.75) is 32.4 Å². The normalized spacial score (nSPS) is 19.2. The summed E-state index contributed by atoms with van der Waals surface area (Å²) >= 11 is 0. The van der Waals surface area contributed by atoms with Crippen molar-refractivity contribution in [1.29, 1.82) is 0 Å². The molecule has 0 amide bonds. The number of sulfonamides is 1. The fourth-order valence-corrected chi connectivity index (χ4v) is 4.19. The summed E-state index contributed by atoms with van der Waals surface area (Å²) in [5.74, 6) is 0.0550. The number of nitrogens with two attached hydrogens (primary N) is 1. The first-order valence-corrected chi connectivity index (χ1v) is 8.58. The number of benzene rings is 1. The first kappa shape index (κ1) is 15.3. The van der Waals surface area contributed by atoms with E-state index in [1.165, 1.54) is 4.31 Å². The van der Waals surface area contributed by atoms with Gasteiger partial charge >= 0.3 is 0 Å². The maximum Gasteiger partial charge on any atom is 0.237 e. The minimum atomic E-state index is -3.35. The molecule has 1 heterocycles. The third kappa shape index (κ3) is 3.50. The Kier molecular flexibility index (Phi) is 5.01. The second-order valence-electron chi connectivity index (χ2n) is 4.95. The zero-order valence-electron chi connectivity index (χ0n) is 11.8. The topological polar surface area (TPSA) is 72.6 Å². The Balaban J connectivity index is 2.16. The van der Waals surface area contributed by atoms with Gasteiger partial charge in [0.25, 0.3) is 0 Å². The van der Waals surface area contributed by atoms with Crippen LogP contribution in [0.1, 0.15) is 25.3 Å². The molecule has 1 fully saturated rings. The molecule has 1 aliphatic rings. The highest BCUT2D eigenvalue weighted by atomic mass is 32.2. The fraction of sp³-hybridized carbons (Fsp3) is 0.571. The molecule has 0 saturated carbocycles. The maximum atomic E-state index is 12.5. The monoisotopic (exact) mass is 298 g/mol. The summed E-state index contributed by atoms with van der Waals surface area (Å²) in [5.41, 5.74) is 7.23. The Hall–Kier alpha value is -1.11. The predicted octanol–water partition coefficient (Wildman–Crippen LogP) is 1.48. The molecule has 0 aromatic heterocycles. The average molecular weight is 298 g/mol. The maximum absolute atomic E-state index is 12.5. The second-order valence-corrected chi connectivity index (χ2v) is 6.89. The van der Waals surface area contributed by atoms with Gasteiger partial charge in [-0.25, -0.2) is 8.42 Å². The third-order valence-corrected chi connectivity index (χ3v) is 5.44. The molecule has 1 unspecified atom stereocenters. The van der Waals surface area contributed by atoms with Crippen LogP contribution in [0.3, 0.4) is 0 Å². The van der Waals surface area contributed by atoms with Crippen molar-refractivity contribution in [3.05, 3.63) is 29.8 Å². The Morgan fingerprint density at radius 1 is 1.35 bits per heavy atom. The van der Waals surface area contributed by atoms with E-state index in [0.717, 1.165) is 18.4 Å². The van der Waals surface area contributed by atoms with Gasteiger partial charge in [-0.2, -0.15) is 0 Å². The van der Waals surface area contributed by atoms with Crippen LogP contribution in [-0.4, -0.2) is 33.4 Å². The highest BCUT2D eigenvalue weighted by molar-refractivity contribution is 7.92. The molecule has 0 radical (unpaired) electrons. The standard InChI is InChI=1S/C14H22N2O3S/c1-2-16(13-7-5-12(10-15)6-8-13)20(17,18)11-14-4-3-9-19-14/h5-8,14H,2-4,9-11,15H2,1H3. The van der Waals surface area contributed by atoms with E-state index in [2.05, 4.69) is 0 Å². The Labute approximate surface area is 120 Å². The number of hydrogen-bond acceptors (Lipinski definition) is 4. The molecule has 1 aromatic carbocycles. The summed E-state index contributed by atoms with van der Waals surface area (Å²) < 4.78 is 31.9. The fourth-order valence-electron chi connectivity index (χ4n) is 2.44.